The summed E-state index contributed by atoms with van der Waals surface area (Å²) < 4.78 is 2.18. The first-order chi connectivity index (χ1) is 9.70. The molecule has 4 heteroatoms. The smallest absolute Gasteiger partial charge is 0.0952 e. The Hall–Kier alpha value is -1.68. The van der Waals surface area contributed by atoms with E-state index < -0.39 is 0 Å². The largest absolute Gasteiger partial charge is 0.327 e. The highest BCUT2D eigenvalue weighted by Gasteiger charge is 2.06. The van der Waals surface area contributed by atoms with Crippen LogP contribution in [0.5, 0.6) is 0 Å². The number of nitrogens with zero attached hydrogens (tertiary/aromatic N) is 3. The summed E-state index contributed by atoms with van der Waals surface area (Å²) in [6.07, 6.45) is 6.70. The van der Waals surface area contributed by atoms with Crippen molar-refractivity contribution in [1.29, 1.82) is 0 Å². The van der Waals surface area contributed by atoms with Gasteiger partial charge in [-0.15, -0.1) is 0 Å². The summed E-state index contributed by atoms with van der Waals surface area (Å²) in [6, 6.07) is 4.15. The van der Waals surface area contributed by atoms with Gasteiger partial charge < -0.3 is 9.88 Å². The van der Waals surface area contributed by atoms with E-state index in [1.807, 2.05) is 24.8 Å². The maximum absolute atomic E-state index is 4.51. The summed E-state index contributed by atoms with van der Waals surface area (Å²) in [5.74, 6) is 0.661. The van der Waals surface area contributed by atoms with Gasteiger partial charge in [-0.25, -0.2) is 4.98 Å². The molecule has 108 valence electrons. The summed E-state index contributed by atoms with van der Waals surface area (Å²) in [5.41, 5.74) is 3.65. The minimum atomic E-state index is 0.661. The lowest BCUT2D eigenvalue weighted by Gasteiger charge is -2.12. The number of aryl methyl sites for hydroxylation is 1. The van der Waals surface area contributed by atoms with E-state index in [0.29, 0.717) is 5.92 Å². The van der Waals surface area contributed by atoms with Crippen molar-refractivity contribution >= 4 is 0 Å². The van der Waals surface area contributed by atoms with Gasteiger partial charge in [0, 0.05) is 18.9 Å². The summed E-state index contributed by atoms with van der Waals surface area (Å²) in [6.45, 7) is 9.26. The van der Waals surface area contributed by atoms with E-state index in [-0.39, 0.29) is 0 Å². The zero-order valence-electron chi connectivity index (χ0n) is 12.6. The van der Waals surface area contributed by atoms with Crippen LogP contribution in [0.1, 0.15) is 37.7 Å². The quantitative estimate of drug-likeness (QED) is 0.842. The molecule has 2 aromatic heterocycles. The maximum Gasteiger partial charge on any atom is 0.0952 e. The Kier molecular flexibility index (Phi) is 5.30. The molecular formula is C16H24N4. The fraction of sp³-hybridized carbons (Fsp3) is 0.500. The van der Waals surface area contributed by atoms with Gasteiger partial charge >= 0.3 is 0 Å². The summed E-state index contributed by atoms with van der Waals surface area (Å²) in [5, 5.41) is 3.46. The van der Waals surface area contributed by atoms with Gasteiger partial charge in [0.05, 0.1) is 24.3 Å². The standard InChI is InChI=1S/C16H24N4/c1-4-14-6-5-7-19-16(14)11-20-12-18-10-15(20)9-17-8-13(2)3/h5-7,10,12-13,17H,4,8-9,11H2,1-3H3. The average Bonchev–Trinajstić information content (AvgIpc) is 2.86. The van der Waals surface area contributed by atoms with Crippen molar-refractivity contribution in [2.75, 3.05) is 6.54 Å². The molecule has 0 bridgehead atoms. The van der Waals surface area contributed by atoms with Crippen molar-refractivity contribution in [2.24, 2.45) is 5.92 Å². The van der Waals surface area contributed by atoms with E-state index in [1.54, 1.807) is 0 Å². The maximum atomic E-state index is 4.51. The first-order valence-corrected chi connectivity index (χ1v) is 7.33. The van der Waals surface area contributed by atoms with Crippen molar-refractivity contribution in [3.05, 3.63) is 47.8 Å². The van der Waals surface area contributed by atoms with Crippen LogP contribution in [0.25, 0.3) is 0 Å². The second-order valence-corrected chi connectivity index (χ2v) is 5.50. The van der Waals surface area contributed by atoms with Crippen LogP contribution in [0.2, 0.25) is 0 Å². The molecule has 0 spiro atoms. The molecule has 0 radical (unpaired) electrons. The molecule has 0 saturated heterocycles. The molecule has 0 fully saturated rings. The van der Waals surface area contributed by atoms with Crippen molar-refractivity contribution in [2.45, 2.75) is 40.3 Å². The van der Waals surface area contributed by atoms with Crippen LogP contribution in [0.4, 0.5) is 0 Å². The normalized spacial score (nSPS) is 11.2. The fourth-order valence-electron chi connectivity index (χ4n) is 2.22. The lowest BCUT2D eigenvalue weighted by Crippen LogP contribution is -2.21. The van der Waals surface area contributed by atoms with Gasteiger partial charge in [0.2, 0.25) is 0 Å². The molecule has 0 atom stereocenters. The molecule has 0 aromatic carbocycles. The minimum Gasteiger partial charge on any atom is -0.327 e. The molecule has 1 N–H and O–H groups in total. The van der Waals surface area contributed by atoms with Gasteiger partial charge in [-0.2, -0.15) is 0 Å². The van der Waals surface area contributed by atoms with Gasteiger partial charge in [0.1, 0.15) is 0 Å². The highest BCUT2D eigenvalue weighted by Crippen LogP contribution is 2.10. The van der Waals surface area contributed by atoms with Gasteiger partial charge in [-0.05, 0) is 30.5 Å². The average molecular weight is 272 g/mol. The van der Waals surface area contributed by atoms with Crippen molar-refractivity contribution in [3.8, 4) is 0 Å². The van der Waals surface area contributed by atoms with Crippen LogP contribution in [-0.2, 0) is 19.5 Å². The Morgan fingerprint density at radius 1 is 1.35 bits per heavy atom. The molecule has 0 aliphatic rings. The highest BCUT2D eigenvalue weighted by atomic mass is 15.1. The van der Waals surface area contributed by atoms with Gasteiger partial charge in [0.15, 0.2) is 0 Å². The van der Waals surface area contributed by atoms with Gasteiger partial charge in [0.25, 0.3) is 0 Å². The van der Waals surface area contributed by atoms with Crippen molar-refractivity contribution < 1.29 is 0 Å². The highest BCUT2D eigenvalue weighted by molar-refractivity contribution is 5.20. The van der Waals surface area contributed by atoms with E-state index in [9.17, 15) is 0 Å². The predicted molar refractivity (Wildman–Crippen MR) is 81.5 cm³/mol. The Labute approximate surface area is 121 Å². The second-order valence-electron chi connectivity index (χ2n) is 5.50. The van der Waals surface area contributed by atoms with Crippen LogP contribution < -0.4 is 5.32 Å². The third-order valence-electron chi connectivity index (χ3n) is 3.34. The molecule has 0 saturated carbocycles. The number of hydrogen-bond donors (Lipinski definition) is 1. The van der Waals surface area contributed by atoms with E-state index in [0.717, 1.165) is 31.7 Å². The number of rotatable bonds is 7. The van der Waals surface area contributed by atoms with E-state index in [2.05, 4.69) is 46.7 Å². The molecule has 2 aromatic rings. The first kappa shape index (κ1) is 14.7. The molecule has 0 unspecified atom stereocenters. The second kappa shape index (κ2) is 7.20. The van der Waals surface area contributed by atoms with E-state index in [1.165, 1.54) is 11.3 Å². The van der Waals surface area contributed by atoms with Crippen molar-refractivity contribution in [1.82, 2.24) is 19.9 Å². The van der Waals surface area contributed by atoms with Crippen LogP contribution in [0.3, 0.4) is 0 Å². The number of imidazole rings is 1. The molecule has 0 amide bonds. The van der Waals surface area contributed by atoms with Crippen LogP contribution in [0, 0.1) is 5.92 Å². The number of nitrogens with one attached hydrogen (secondary N) is 1. The van der Waals surface area contributed by atoms with Gasteiger partial charge in [-0.1, -0.05) is 26.8 Å². The Balaban J connectivity index is 2.04. The summed E-state index contributed by atoms with van der Waals surface area (Å²) in [4.78, 5) is 8.77. The predicted octanol–water partition coefficient (Wildman–Crippen LogP) is 2.63. The summed E-state index contributed by atoms with van der Waals surface area (Å²) >= 11 is 0. The van der Waals surface area contributed by atoms with E-state index >= 15 is 0 Å². The lowest BCUT2D eigenvalue weighted by molar-refractivity contribution is 0.538. The number of aromatic nitrogens is 3. The molecule has 0 aliphatic heterocycles. The molecule has 0 aliphatic carbocycles. The fourth-order valence-corrected chi connectivity index (χ4v) is 2.22. The number of pyridine rings is 1. The zero-order chi connectivity index (χ0) is 14.4. The first-order valence-electron chi connectivity index (χ1n) is 7.33. The molecule has 2 rings (SSSR count). The Morgan fingerprint density at radius 3 is 2.95 bits per heavy atom. The monoisotopic (exact) mass is 272 g/mol. The van der Waals surface area contributed by atoms with Gasteiger partial charge in [-0.3, -0.25) is 4.98 Å². The SMILES string of the molecule is CCc1cccnc1Cn1cncc1CNCC(C)C. The third kappa shape index (κ3) is 3.90. The Morgan fingerprint density at radius 2 is 2.20 bits per heavy atom. The van der Waals surface area contributed by atoms with Crippen LogP contribution in [0.15, 0.2) is 30.9 Å². The lowest BCUT2D eigenvalue weighted by atomic mass is 10.1. The van der Waals surface area contributed by atoms with Crippen LogP contribution >= 0.6 is 0 Å². The van der Waals surface area contributed by atoms with Crippen LogP contribution in [-0.4, -0.2) is 21.1 Å². The third-order valence-corrected chi connectivity index (χ3v) is 3.34. The molecular weight excluding hydrogens is 248 g/mol. The zero-order valence-corrected chi connectivity index (χ0v) is 12.6. The minimum absolute atomic E-state index is 0.661. The number of hydrogen-bond acceptors (Lipinski definition) is 3. The molecule has 20 heavy (non-hydrogen) atoms. The van der Waals surface area contributed by atoms with Crippen molar-refractivity contribution in [3.63, 3.8) is 0 Å². The van der Waals surface area contributed by atoms with E-state index in [4.69, 9.17) is 0 Å². The molecule has 4 nitrogen and oxygen atoms in total. The topological polar surface area (TPSA) is 42.7 Å². The molecule has 2 heterocycles. The summed E-state index contributed by atoms with van der Waals surface area (Å²) in [7, 11) is 0. The Bertz CT molecular complexity index is 531.